The summed E-state index contributed by atoms with van der Waals surface area (Å²) in [6.45, 7) is 0.0904. The number of rotatable bonds is 4. The van der Waals surface area contributed by atoms with Gasteiger partial charge in [0.05, 0.1) is 15.6 Å². The molecule has 2 aromatic rings. The molecule has 2 rings (SSSR count). The Morgan fingerprint density at radius 1 is 1.11 bits per heavy atom. The summed E-state index contributed by atoms with van der Waals surface area (Å²) in [5, 5.41) is 9.09. The Bertz CT molecular complexity index is 564. The first-order chi connectivity index (χ1) is 9.11. The second-order valence-corrected chi connectivity index (χ2v) is 5.64. The van der Waals surface area contributed by atoms with Gasteiger partial charge >= 0.3 is 0 Å². The number of hydrogen-bond acceptors (Lipinski definition) is 2. The summed E-state index contributed by atoms with van der Waals surface area (Å²) in [4.78, 5) is 0. The normalized spacial score (nSPS) is 10.5. The number of ether oxygens (including phenoxy) is 1. The Morgan fingerprint density at radius 2 is 1.74 bits per heavy atom. The number of benzene rings is 2. The summed E-state index contributed by atoms with van der Waals surface area (Å²) < 4.78 is 20.5. The molecule has 0 radical (unpaired) electrons. The molecule has 1 N–H and O–H groups in total. The highest BCUT2D eigenvalue weighted by molar-refractivity contribution is 9.11. The van der Waals surface area contributed by atoms with Gasteiger partial charge in [-0.1, -0.05) is 18.2 Å². The summed E-state index contributed by atoms with van der Waals surface area (Å²) in [5.41, 5.74) is 1.25. The third-order valence-corrected chi connectivity index (χ3v) is 3.75. The van der Waals surface area contributed by atoms with Crippen molar-refractivity contribution in [3.63, 3.8) is 0 Å². The Labute approximate surface area is 127 Å². The predicted molar refractivity (Wildman–Crippen MR) is 78.5 cm³/mol. The molecule has 0 atom stereocenters. The van der Waals surface area contributed by atoms with Crippen molar-refractivity contribution >= 4 is 31.9 Å². The molecular formula is C14H11Br2FO2. The van der Waals surface area contributed by atoms with Crippen molar-refractivity contribution in [3.05, 3.63) is 62.3 Å². The van der Waals surface area contributed by atoms with Crippen LogP contribution in [0.2, 0.25) is 0 Å². The summed E-state index contributed by atoms with van der Waals surface area (Å²) in [6.07, 6.45) is 0. The van der Waals surface area contributed by atoms with E-state index in [1.54, 1.807) is 30.3 Å². The van der Waals surface area contributed by atoms with E-state index in [9.17, 15) is 4.39 Å². The van der Waals surface area contributed by atoms with Crippen molar-refractivity contribution in [2.24, 2.45) is 0 Å². The molecule has 0 aliphatic heterocycles. The first-order valence-corrected chi connectivity index (χ1v) is 7.15. The highest BCUT2D eigenvalue weighted by Gasteiger charge is 2.10. The molecule has 0 amide bonds. The lowest BCUT2D eigenvalue weighted by Gasteiger charge is -2.12. The van der Waals surface area contributed by atoms with E-state index in [4.69, 9.17) is 9.84 Å². The van der Waals surface area contributed by atoms with Gasteiger partial charge in [0.25, 0.3) is 0 Å². The van der Waals surface area contributed by atoms with Crippen LogP contribution in [0, 0.1) is 5.82 Å². The standard InChI is InChI=1S/C14H11Br2FO2/c15-11-5-9(7-18)6-12(16)14(11)19-8-10-3-1-2-4-13(10)17/h1-6,18H,7-8H2. The van der Waals surface area contributed by atoms with Crippen molar-refractivity contribution in [1.29, 1.82) is 0 Å². The molecule has 0 unspecified atom stereocenters. The summed E-state index contributed by atoms with van der Waals surface area (Å²) in [6, 6.07) is 10.0. The van der Waals surface area contributed by atoms with E-state index in [-0.39, 0.29) is 19.0 Å². The molecule has 0 aromatic heterocycles. The first-order valence-electron chi connectivity index (χ1n) is 5.57. The maximum atomic E-state index is 13.5. The third-order valence-electron chi connectivity index (χ3n) is 2.57. The van der Waals surface area contributed by atoms with Gasteiger partial charge < -0.3 is 9.84 Å². The summed E-state index contributed by atoms with van der Waals surface area (Å²) in [7, 11) is 0. The van der Waals surface area contributed by atoms with Crippen LogP contribution >= 0.6 is 31.9 Å². The minimum atomic E-state index is -0.290. The van der Waals surface area contributed by atoms with Crippen molar-refractivity contribution in [3.8, 4) is 5.75 Å². The second kappa shape index (κ2) is 6.50. The van der Waals surface area contributed by atoms with Crippen LogP contribution in [-0.4, -0.2) is 5.11 Å². The smallest absolute Gasteiger partial charge is 0.148 e. The fourth-order valence-corrected chi connectivity index (χ4v) is 3.12. The highest BCUT2D eigenvalue weighted by Crippen LogP contribution is 2.35. The van der Waals surface area contributed by atoms with Crippen LogP contribution in [0.15, 0.2) is 45.3 Å². The lowest BCUT2D eigenvalue weighted by molar-refractivity contribution is 0.279. The molecule has 0 fully saturated rings. The largest absolute Gasteiger partial charge is 0.486 e. The zero-order chi connectivity index (χ0) is 13.8. The molecule has 0 bridgehead atoms. The number of halogens is 3. The first kappa shape index (κ1) is 14.5. The number of hydrogen-bond donors (Lipinski definition) is 1. The van der Waals surface area contributed by atoms with Crippen molar-refractivity contribution < 1.29 is 14.2 Å². The van der Waals surface area contributed by atoms with Gasteiger partial charge in [-0.15, -0.1) is 0 Å². The average Bonchev–Trinajstić information content (AvgIpc) is 2.39. The van der Waals surface area contributed by atoms with Gasteiger partial charge in [0.15, 0.2) is 0 Å². The Balaban J connectivity index is 2.18. The molecule has 0 saturated heterocycles. The van der Waals surface area contributed by atoms with Crippen molar-refractivity contribution in [2.75, 3.05) is 0 Å². The average molecular weight is 390 g/mol. The van der Waals surface area contributed by atoms with Gasteiger partial charge in [-0.3, -0.25) is 0 Å². The van der Waals surface area contributed by atoms with Gasteiger partial charge in [0, 0.05) is 5.56 Å². The molecule has 0 aliphatic rings. The maximum absolute atomic E-state index is 13.5. The van der Waals surface area contributed by atoms with Gasteiger partial charge in [0.2, 0.25) is 0 Å². The Kier molecular flexibility index (Phi) is 4.96. The van der Waals surface area contributed by atoms with Gasteiger partial charge in [-0.25, -0.2) is 4.39 Å². The number of aliphatic hydroxyl groups is 1. The topological polar surface area (TPSA) is 29.5 Å². The molecule has 0 spiro atoms. The fraction of sp³-hybridized carbons (Fsp3) is 0.143. The van der Waals surface area contributed by atoms with E-state index < -0.39 is 0 Å². The van der Waals surface area contributed by atoms with E-state index in [0.29, 0.717) is 20.3 Å². The molecule has 0 saturated carbocycles. The van der Waals surface area contributed by atoms with E-state index >= 15 is 0 Å². The van der Waals surface area contributed by atoms with Crippen molar-refractivity contribution in [2.45, 2.75) is 13.2 Å². The minimum Gasteiger partial charge on any atom is -0.486 e. The molecule has 19 heavy (non-hydrogen) atoms. The van der Waals surface area contributed by atoms with Gasteiger partial charge in [0.1, 0.15) is 18.2 Å². The molecule has 0 heterocycles. The Morgan fingerprint density at radius 3 is 2.32 bits per heavy atom. The second-order valence-electron chi connectivity index (χ2n) is 3.93. The lowest BCUT2D eigenvalue weighted by atomic mass is 10.2. The molecular weight excluding hydrogens is 379 g/mol. The highest BCUT2D eigenvalue weighted by atomic mass is 79.9. The zero-order valence-corrected chi connectivity index (χ0v) is 13.0. The van der Waals surface area contributed by atoms with Gasteiger partial charge in [-0.2, -0.15) is 0 Å². The molecule has 5 heteroatoms. The van der Waals surface area contributed by atoms with Crippen LogP contribution < -0.4 is 4.74 Å². The minimum absolute atomic E-state index is 0.0508. The molecule has 100 valence electrons. The summed E-state index contributed by atoms with van der Waals surface area (Å²) in [5.74, 6) is 0.294. The van der Waals surface area contributed by atoms with Crippen molar-refractivity contribution in [1.82, 2.24) is 0 Å². The molecule has 2 nitrogen and oxygen atoms in total. The SMILES string of the molecule is OCc1cc(Br)c(OCc2ccccc2F)c(Br)c1. The van der Waals surface area contributed by atoms with Gasteiger partial charge in [-0.05, 0) is 55.6 Å². The van der Waals surface area contributed by atoms with Crippen LogP contribution in [0.4, 0.5) is 4.39 Å². The van der Waals surface area contributed by atoms with Crippen LogP contribution in [0.5, 0.6) is 5.75 Å². The van der Waals surface area contributed by atoms with E-state index in [1.807, 2.05) is 0 Å². The fourth-order valence-electron chi connectivity index (χ4n) is 1.61. The summed E-state index contributed by atoms with van der Waals surface area (Å²) >= 11 is 6.74. The number of aliphatic hydroxyl groups excluding tert-OH is 1. The molecule has 2 aromatic carbocycles. The monoisotopic (exact) mass is 388 g/mol. The third kappa shape index (κ3) is 3.55. The van der Waals surface area contributed by atoms with E-state index in [1.165, 1.54) is 6.07 Å². The van der Waals surface area contributed by atoms with Crippen LogP contribution in [-0.2, 0) is 13.2 Å². The predicted octanol–water partition coefficient (Wildman–Crippen LogP) is 4.42. The van der Waals surface area contributed by atoms with Crippen LogP contribution in [0.3, 0.4) is 0 Å². The Hall–Kier alpha value is -0.910. The van der Waals surface area contributed by atoms with Crippen LogP contribution in [0.1, 0.15) is 11.1 Å². The van der Waals surface area contributed by atoms with Crippen LogP contribution in [0.25, 0.3) is 0 Å². The van der Waals surface area contributed by atoms with E-state index in [2.05, 4.69) is 31.9 Å². The quantitative estimate of drug-likeness (QED) is 0.838. The molecule has 0 aliphatic carbocycles. The van der Waals surface area contributed by atoms with E-state index in [0.717, 1.165) is 5.56 Å². The maximum Gasteiger partial charge on any atom is 0.148 e. The zero-order valence-electron chi connectivity index (χ0n) is 9.87. The lowest BCUT2D eigenvalue weighted by Crippen LogP contribution is -2.00.